The Bertz CT molecular complexity index is 784. The van der Waals surface area contributed by atoms with E-state index in [4.69, 9.17) is 11.6 Å². The van der Waals surface area contributed by atoms with Crippen LogP contribution in [-0.4, -0.2) is 18.0 Å². The number of hydrogen-bond acceptors (Lipinski definition) is 3. The molecule has 4 nitrogen and oxygen atoms in total. The monoisotopic (exact) mass is 339 g/mol. The molecule has 0 amide bonds. The summed E-state index contributed by atoms with van der Waals surface area (Å²) in [5, 5.41) is 0.373. The molecule has 1 heterocycles. The van der Waals surface area contributed by atoms with E-state index in [1.165, 1.54) is 6.07 Å². The molecule has 0 aliphatic heterocycles. The lowest BCUT2D eigenvalue weighted by Crippen LogP contribution is -2.08. The topological polar surface area (TPSA) is 67.3 Å². The molecule has 118 valence electrons. The maximum Gasteiger partial charge on any atom is 0.294 e. The van der Waals surface area contributed by atoms with Crippen LogP contribution in [0.4, 0.5) is 0 Å². The molecule has 0 radical (unpaired) electrons. The molecule has 2 rings (SSSR count). The van der Waals surface area contributed by atoms with Gasteiger partial charge in [-0.15, -0.1) is 0 Å². The maximum atomic E-state index is 11.7. The van der Waals surface area contributed by atoms with Crippen molar-refractivity contribution in [2.75, 3.05) is 0 Å². The summed E-state index contributed by atoms with van der Waals surface area (Å²) in [7, 11) is -4.28. The third-order valence-corrected chi connectivity index (χ3v) is 4.55. The molecule has 0 bridgehead atoms. The van der Waals surface area contributed by atoms with Crippen LogP contribution in [0.3, 0.4) is 0 Å². The number of nitrogens with zero attached hydrogens (tertiary/aromatic N) is 1. The summed E-state index contributed by atoms with van der Waals surface area (Å²) < 4.78 is 32.9. The standard InChI is InChI=1S/C16H18ClNO3S/c1-10(2)8-13-14(22(19,20)21)6-4-11(3)16(13)12-5-7-15(17)18-9-12/h4-7,9-10H,8H2,1-3H3,(H,19,20,21). The maximum absolute atomic E-state index is 11.7. The van der Waals surface area contributed by atoms with Crippen molar-refractivity contribution in [2.24, 2.45) is 5.92 Å². The number of hydrogen-bond donors (Lipinski definition) is 1. The Morgan fingerprint density at radius 3 is 2.41 bits per heavy atom. The van der Waals surface area contributed by atoms with Crippen LogP contribution in [0.25, 0.3) is 11.1 Å². The first-order chi connectivity index (χ1) is 10.2. The highest BCUT2D eigenvalue weighted by molar-refractivity contribution is 7.85. The van der Waals surface area contributed by atoms with Crippen molar-refractivity contribution in [2.45, 2.75) is 32.1 Å². The molecule has 1 aromatic heterocycles. The van der Waals surface area contributed by atoms with E-state index in [2.05, 4.69) is 4.98 Å². The summed E-state index contributed by atoms with van der Waals surface area (Å²) in [4.78, 5) is 4.02. The highest BCUT2D eigenvalue weighted by Crippen LogP contribution is 2.33. The number of aryl methyl sites for hydroxylation is 1. The number of halogens is 1. The van der Waals surface area contributed by atoms with Crippen molar-refractivity contribution < 1.29 is 13.0 Å². The molecule has 0 spiro atoms. The van der Waals surface area contributed by atoms with Crippen LogP contribution in [0.1, 0.15) is 25.0 Å². The van der Waals surface area contributed by atoms with Crippen molar-refractivity contribution in [3.8, 4) is 11.1 Å². The molecule has 0 aliphatic carbocycles. The van der Waals surface area contributed by atoms with Gasteiger partial charge in [0.05, 0.1) is 4.90 Å². The van der Waals surface area contributed by atoms with Gasteiger partial charge in [-0.2, -0.15) is 8.42 Å². The summed E-state index contributed by atoms with van der Waals surface area (Å²) in [5.41, 5.74) is 3.10. The van der Waals surface area contributed by atoms with E-state index in [0.717, 1.165) is 16.7 Å². The van der Waals surface area contributed by atoms with Gasteiger partial charge in [-0.3, -0.25) is 4.55 Å². The van der Waals surface area contributed by atoms with Crippen molar-refractivity contribution >= 4 is 21.7 Å². The van der Waals surface area contributed by atoms with E-state index >= 15 is 0 Å². The zero-order valence-corrected chi connectivity index (χ0v) is 14.2. The number of aromatic nitrogens is 1. The molecule has 0 saturated carbocycles. The van der Waals surface area contributed by atoms with Crippen molar-refractivity contribution in [1.29, 1.82) is 0 Å². The molecular weight excluding hydrogens is 322 g/mol. The molecule has 0 aliphatic rings. The van der Waals surface area contributed by atoms with Crippen LogP contribution >= 0.6 is 11.6 Å². The Morgan fingerprint density at radius 1 is 1.23 bits per heavy atom. The van der Waals surface area contributed by atoms with Crippen molar-refractivity contribution in [3.05, 3.63) is 46.7 Å². The molecule has 2 aromatic rings. The molecule has 0 unspecified atom stereocenters. The van der Waals surface area contributed by atoms with Gasteiger partial charge in [0.2, 0.25) is 0 Å². The van der Waals surface area contributed by atoms with Gasteiger partial charge in [0.15, 0.2) is 0 Å². The third-order valence-electron chi connectivity index (χ3n) is 3.38. The van der Waals surface area contributed by atoms with Crippen LogP contribution in [0.2, 0.25) is 5.15 Å². The predicted octanol–water partition coefficient (Wildman–Crippen LogP) is 4.16. The van der Waals surface area contributed by atoms with Gasteiger partial charge in [-0.05, 0) is 54.2 Å². The second-order valence-electron chi connectivity index (χ2n) is 5.68. The Morgan fingerprint density at radius 2 is 1.91 bits per heavy atom. The lowest BCUT2D eigenvalue weighted by Gasteiger charge is -2.17. The molecular formula is C16H18ClNO3S. The van der Waals surface area contributed by atoms with Crippen molar-refractivity contribution in [1.82, 2.24) is 4.98 Å². The second-order valence-corrected chi connectivity index (χ2v) is 7.45. The minimum Gasteiger partial charge on any atom is -0.282 e. The normalized spacial score (nSPS) is 11.9. The largest absolute Gasteiger partial charge is 0.294 e. The van der Waals surface area contributed by atoms with Gasteiger partial charge in [0.25, 0.3) is 10.1 Å². The minimum atomic E-state index is -4.28. The summed E-state index contributed by atoms with van der Waals surface area (Å²) in [6.07, 6.45) is 2.15. The summed E-state index contributed by atoms with van der Waals surface area (Å²) in [6, 6.07) is 6.61. The average Bonchev–Trinajstić information content (AvgIpc) is 2.38. The summed E-state index contributed by atoms with van der Waals surface area (Å²) >= 11 is 5.82. The fourth-order valence-electron chi connectivity index (χ4n) is 2.52. The summed E-state index contributed by atoms with van der Waals surface area (Å²) in [5.74, 6) is 0.237. The number of benzene rings is 1. The first-order valence-electron chi connectivity index (χ1n) is 6.92. The molecule has 22 heavy (non-hydrogen) atoms. The molecule has 1 aromatic carbocycles. The average molecular weight is 340 g/mol. The Labute approximate surface area is 135 Å². The lowest BCUT2D eigenvalue weighted by atomic mass is 9.91. The van der Waals surface area contributed by atoms with Crippen LogP contribution in [-0.2, 0) is 16.5 Å². The van der Waals surface area contributed by atoms with E-state index in [9.17, 15) is 13.0 Å². The van der Waals surface area contributed by atoms with Gasteiger partial charge in [0.1, 0.15) is 5.15 Å². The van der Waals surface area contributed by atoms with E-state index in [-0.39, 0.29) is 10.8 Å². The molecule has 6 heteroatoms. The van der Waals surface area contributed by atoms with Crippen LogP contribution in [0.5, 0.6) is 0 Å². The van der Waals surface area contributed by atoms with E-state index in [1.807, 2.05) is 20.8 Å². The highest BCUT2D eigenvalue weighted by atomic mass is 35.5. The van der Waals surface area contributed by atoms with Gasteiger partial charge >= 0.3 is 0 Å². The third kappa shape index (κ3) is 3.66. The zero-order chi connectivity index (χ0) is 16.5. The molecule has 0 atom stereocenters. The Balaban J connectivity index is 2.78. The first kappa shape index (κ1) is 16.9. The van der Waals surface area contributed by atoms with E-state index in [0.29, 0.717) is 17.1 Å². The fourth-order valence-corrected chi connectivity index (χ4v) is 3.37. The van der Waals surface area contributed by atoms with Crippen LogP contribution < -0.4 is 0 Å². The first-order valence-corrected chi connectivity index (χ1v) is 8.74. The van der Waals surface area contributed by atoms with Crippen LogP contribution in [0, 0.1) is 12.8 Å². The van der Waals surface area contributed by atoms with E-state index < -0.39 is 10.1 Å². The molecule has 1 N–H and O–H groups in total. The molecule has 0 fully saturated rings. The fraction of sp³-hybridized carbons (Fsp3) is 0.312. The predicted molar refractivity (Wildman–Crippen MR) is 87.8 cm³/mol. The van der Waals surface area contributed by atoms with Gasteiger partial charge in [-0.25, -0.2) is 4.98 Å². The Hall–Kier alpha value is -1.43. The van der Waals surface area contributed by atoms with Gasteiger partial charge < -0.3 is 0 Å². The summed E-state index contributed by atoms with van der Waals surface area (Å²) in [6.45, 7) is 5.90. The lowest BCUT2D eigenvalue weighted by molar-refractivity contribution is 0.481. The SMILES string of the molecule is Cc1ccc(S(=O)(=O)O)c(CC(C)C)c1-c1ccc(Cl)nc1. The highest BCUT2D eigenvalue weighted by Gasteiger charge is 2.21. The van der Waals surface area contributed by atoms with Crippen LogP contribution in [0.15, 0.2) is 35.4 Å². The second kappa shape index (κ2) is 6.36. The minimum absolute atomic E-state index is 0.0447. The van der Waals surface area contributed by atoms with Gasteiger partial charge in [0, 0.05) is 11.8 Å². The smallest absolute Gasteiger partial charge is 0.282 e. The zero-order valence-electron chi connectivity index (χ0n) is 12.7. The quantitative estimate of drug-likeness (QED) is 0.671. The number of pyridine rings is 1. The van der Waals surface area contributed by atoms with E-state index in [1.54, 1.807) is 24.4 Å². The van der Waals surface area contributed by atoms with Gasteiger partial charge in [-0.1, -0.05) is 31.5 Å². The number of rotatable bonds is 4. The Kier molecular flexibility index (Phi) is 4.90. The van der Waals surface area contributed by atoms with Crippen molar-refractivity contribution in [3.63, 3.8) is 0 Å². The molecule has 0 saturated heterocycles.